The minimum absolute atomic E-state index is 0.0776. The van der Waals surface area contributed by atoms with Crippen LogP contribution in [0.4, 0.5) is 0 Å². The highest BCUT2D eigenvalue weighted by atomic mass is 16.6. The molecule has 0 fully saturated rings. The topological polar surface area (TPSA) is 78.9 Å². The number of ether oxygens (including phenoxy) is 3. The van der Waals surface area contributed by atoms with Crippen LogP contribution in [0, 0.1) is 0 Å². The maximum Gasteiger partial charge on any atom is 0.306 e. The third kappa shape index (κ3) is 69.3. The van der Waals surface area contributed by atoms with Crippen molar-refractivity contribution in [3.8, 4) is 0 Å². The lowest BCUT2D eigenvalue weighted by molar-refractivity contribution is -0.167. The van der Waals surface area contributed by atoms with Gasteiger partial charge in [0.1, 0.15) is 13.2 Å². The van der Waals surface area contributed by atoms with Crippen LogP contribution in [0.1, 0.15) is 367 Å². The third-order valence-corrected chi connectivity index (χ3v) is 15.9. The third-order valence-electron chi connectivity index (χ3n) is 15.9. The Labute approximate surface area is 515 Å². The molecule has 0 saturated carbocycles. The van der Waals surface area contributed by atoms with E-state index >= 15 is 0 Å². The summed E-state index contributed by atoms with van der Waals surface area (Å²) >= 11 is 0. The van der Waals surface area contributed by atoms with E-state index in [-0.39, 0.29) is 31.1 Å². The highest BCUT2D eigenvalue weighted by Gasteiger charge is 2.19. The number of hydrogen-bond acceptors (Lipinski definition) is 6. The average Bonchev–Trinajstić information content (AvgIpc) is 3.50. The van der Waals surface area contributed by atoms with Crippen LogP contribution in [0.25, 0.3) is 0 Å². The van der Waals surface area contributed by atoms with Gasteiger partial charge in [-0.3, -0.25) is 14.4 Å². The Balaban J connectivity index is 4.33. The second-order valence-electron chi connectivity index (χ2n) is 24.1. The van der Waals surface area contributed by atoms with Gasteiger partial charge < -0.3 is 14.2 Å². The molecule has 0 aromatic carbocycles. The molecule has 0 aliphatic heterocycles. The van der Waals surface area contributed by atoms with Gasteiger partial charge in [-0.25, -0.2) is 0 Å². The average molecular weight is 1160 g/mol. The summed E-state index contributed by atoms with van der Waals surface area (Å²) in [5.41, 5.74) is 0. The van der Waals surface area contributed by atoms with Gasteiger partial charge in [0.25, 0.3) is 0 Å². The van der Waals surface area contributed by atoms with Gasteiger partial charge in [-0.2, -0.15) is 0 Å². The first kappa shape index (κ1) is 79.6. The first-order valence-corrected chi connectivity index (χ1v) is 36.1. The van der Waals surface area contributed by atoms with E-state index < -0.39 is 6.10 Å². The van der Waals surface area contributed by atoms with Crippen LogP contribution in [0.5, 0.6) is 0 Å². The van der Waals surface area contributed by atoms with Gasteiger partial charge in [0.15, 0.2) is 6.10 Å². The fourth-order valence-corrected chi connectivity index (χ4v) is 10.5. The van der Waals surface area contributed by atoms with E-state index in [1.807, 2.05) is 0 Å². The van der Waals surface area contributed by atoms with Gasteiger partial charge in [-0.05, 0) is 77.0 Å². The predicted molar refractivity (Wildman–Crippen MR) is 362 cm³/mol. The molecule has 0 aromatic heterocycles. The number of allylic oxidation sites excluding steroid dienone is 14. The summed E-state index contributed by atoms with van der Waals surface area (Å²) in [4.78, 5) is 38.5. The Kier molecular flexibility index (Phi) is 68.2. The highest BCUT2D eigenvalue weighted by Crippen LogP contribution is 2.18. The number of esters is 3. The van der Waals surface area contributed by atoms with Crippen molar-refractivity contribution in [2.45, 2.75) is 374 Å². The molecule has 1 atom stereocenters. The monoisotopic (exact) mass is 1160 g/mol. The Morgan fingerprint density at radius 1 is 0.253 bits per heavy atom. The van der Waals surface area contributed by atoms with Crippen molar-refractivity contribution in [1.29, 1.82) is 0 Å². The van der Waals surface area contributed by atoms with E-state index in [0.29, 0.717) is 19.3 Å². The molecule has 0 bridgehead atoms. The van der Waals surface area contributed by atoms with Crippen LogP contribution in [0.15, 0.2) is 85.1 Å². The molecule has 6 heteroatoms. The minimum atomic E-state index is -0.784. The first-order chi connectivity index (χ1) is 41.0. The maximum atomic E-state index is 13.0. The molecule has 0 N–H and O–H groups in total. The van der Waals surface area contributed by atoms with Crippen LogP contribution in [0.3, 0.4) is 0 Å². The quantitative estimate of drug-likeness (QED) is 0.0261. The molecular formula is C77H136O6. The zero-order valence-corrected chi connectivity index (χ0v) is 55.2. The zero-order chi connectivity index (χ0) is 59.9. The second-order valence-corrected chi connectivity index (χ2v) is 24.1. The maximum absolute atomic E-state index is 13.0. The first-order valence-electron chi connectivity index (χ1n) is 36.1. The molecule has 0 amide bonds. The predicted octanol–water partition coefficient (Wildman–Crippen LogP) is 25.0. The Bertz CT molecular complexity index is 1570. The molecule has 83 heavy (non-hydrogen) atoms. The number of hydrogen-bond donors (Lipinski definition) is 0. The summed E-state index contributed by atoms with van der Waals surface area (Å²) in [5, 5.41) is 0. The molecule has 0 spiro atoms. The fraction of sp³-hybridized carbons (Fsp3) is 0.779. The summed E-state index contributed by atoms with van der Waals surface area (Å²) in [7, 11) is 0. The van der Waals surface area contributed by atoms with Crippen LogP contribution in [-0.4, -0.2) is 37.2 Å². The SMILES string of the molecule is CC/C=C\C/C=C\C/C=C\C/C=C\C/C=C\C/C=C\C/C=C\CCCCCCCC(=O)OCC(COC(=O)CCCCCCCCCCCCCCCC)OC(=O)CCCCCCCCCCCCCCCCCCCCCCCCCC. The Morgan fingerprint density at radius 2 is 0.470 bits per heavy atom. The van der Waals surface area contributed by atoms with Crippen molar-refractivity contribution in [3.05, 3.63) is 85.1 Å². The van der Waals surface area contributed by atoms with E-state index in [1.54, 1.807) is 0 Å². The lowest BCUT2D eigenvalue weighted by Crippen LogP contribution is -2.30. The van der Waals surface area contributed by atoms with Gasteiger partial charge in [0.2, 0.25) is 0 Å². The molecule has 0 aliphatic rings. The van der Waals surface area contributed by atoms with E-state index in [2.05, 4.69) is 106 Å². The van der Waals surface area contributed by atoms with Crippen LogP contribution in [0.2, 0.25) is 0 Å². The van der Waals surface area contributed by atoms with Crippen LogP contribution < -0.4 is 0 Å². The summed E-state index contributed by atoms with van der Waals surface area (Å²) < 4.78 is 17.0. The smallest absolute Gasteiger partial charge is 0.306 e. The molecule has 0 saturated heterocycles. The number of carbonyl (C=O) groups excluding carboxylic acids is 3. The Hall–Kier alpha value is -3.41. The lowest BCUT2D eigenvalue weighted by Gasteiger charge is -2.18. The summed E-state index contributed by atoms with van der Waals surface area (Å²) in [5.74, 6) is -0.875. The molecule has 0 aliphatic carbocycles. The standard InChI is InChI=1S/C77H136O6/c1-4-7-10-13-16-19-22-25-28-30-32-34-36-38-39-40-42-43-45-47-49-52-55-58-61-64-67-70-76(79)82-73-74(72-81-75(78)69-66-63-60-57-54-51-27-24-21-18-15-12-9-6-3)83-77(80)71-68-65-62-59-56-53-50-48-46-44-41-37-35-33-31-29-26-23-20-17-14-11-8-5-2/h7,10,16,19,25,28,32,34,38-39,42-43,47,49,74H,4-6,8-9,11-15,17-18,20-24,26-27,29-31,33,35-37,40-41,44-46,48,50-73H2,1-3H3/b10-7-,19-16-,28-25-,34-32-,39-38-,43-42-,49-47-. The van der Waals surface area contributed by atoms with Crippen molar-refractivity contribution >= 4 is 17.9 Å². The number of carbonyl (C=O) groups is 3. The molecule has 0 heterocycles. The van der Waals surface area contributed by atoms with E-state index in [0.717, 1.165) is 122 Å². The van der Waals surface area contributed by atoms with Crippen molar-refractivity contribution in [2.75, 3.05) is 13.2 Å². The molecule has 1 unspecified atom stereocenters. The van der Waals surface area contributed by atoms with Crippen molar-refractivity contribution in [2.24, 2.45) is 0 Å². The fourth-order valence-electron chi connectivity index (χ4n) is 10.5. The molecule has 0 rings (SSSR count). The van der Waals surface area contributed by atoms with Gasteiger partial charge in [0.05, 0.1) is 0 Å². The van der Waals surface area contributed by atoms with E-state index in [4.69, 9.17) is 14.2 Å². The summed E-state index contributed by atoms with van der Waals surface area (Å²) in [6.07, 6.45) is 94.7. The van der Waals surface area contributed by atoms with Gasteiger partial charge in [0, 0.05) is 19.3 Å². The van der Waals surface area contributed by atoms with E-state index in [9.17, 15) is 14.4 Å². The van der Waals surface area contributed by atoms with Crippen molar-refractivity contribution in [1.82, 2.24) is 0 Å². The van der Waals surface area contributed by atoms with Gasteiger partial charge in [-0.15, -0.1) is 0 Å². The van der Waals surface area contributed by atoms with Crippen LogP contribution >= 0.6 is 0 Å². The largest absolute Gasteiger partial charge is 0.462 e. The molecule has 6 nitrogen and oxygen atoms in total. The van der Waals surface area contributed by atoms with Crippen LogP contribution in [-0.2, 0) is 28.6 Å². The normalized spacial score (nSPS) is 12.6. The zero-order valence-electron chi connectivity index (χ0n) is 55.2. The number of rotatable bonds is 66. The minimum Gasteiger partial charge on any atom is -0.462 e. The molecule has 0 radical (unpaired) electrons. The van der Waals surface area contributed by atoms with Crippen molar-refractivity contribution in [3.63, 3.8) is 0 Å². The van der Waals surface area contributed by atoms with Crippen molar-refractivity contribution < 1.29 is 28.6 Å². The Morgan fingerprint density at radius 3 is 0.735 bits per heavy atom. The number of unbranched alkanes of at least 4 members (excludes halogenated alkanes) is 41. The van der Waals surface area contributed by atoms with Gasteiger partial charge >= 0.3 is 17.9 Å². The summed E-state index contributed by atoms with van der Waals surface area (Å²) in [6.45, 7) is 6.57. The molecule has 480 valence electrons. The molecule has 0 aromatic rings. The van der Waals surface area contributed by atoms with Gasteiger partial charge in [-0.1, -0.05) is 356 Å². The highest BCUT2D eigenvalue weighted by molar-refractivity contribution is 5.71. The van der Waals surface area contributed by atoms with E-state index in [1.165, 1.54) is 205 Å². The lowest BCUT2D eigenvalue weighted by atomic mass is 10.0. The summed E-state index contributed by atoms with van der Waals surface area (Å²) in [6, 6.07) is 0. The molecular weight excluding hydrogens is 1020 g/mol. The second kappa shape index (κ2) is 71.1.